The molecular weight excluding hydrogens is 256 g/mol. The summed E-state index contributed by atoms with van der Waals surface area (Å²) >= 11 is 1.85. The first-order valence-electron chi connectivity index (χ1n) is 7.50. The summed E-state index contributed by atoms with van der Waals surface area (Å²) in [6.45, 7) is 5.61. The highest BCUT2D eigenvalue weighted by atomic mass is 32.1. The average Bonchev–Trinajstić information content (AvgIpc) is 2.93. The van der Waals surface area contributed by atoms with Gasteiger partial charge in [-0.05, 0) is 24.3 Å². The molecule has 1 aliphatic carbocycles. The third kappa shape index (κ3) is 3.37. The summed E-state index contributed by atoms with van der Waals surface area (Å²) in [7, 11) is 0. The fourth-order valence-electron chi connectivity index (χ4n) is 3.39. The maximum atomic E-state index is 10.1. The number of rotatable bonds is 3. The van der Waals surface area contributed by atoms with Crippen LogP contribution < -0.4 is 0 Å². The molecule has 1 N–H and O–H groups in total. The summed E-state index contributed by atoms with van der Waals surface area (Å²) in [4.78, 5) is 6.53. The molecule has 0 radical (unpaired) electrons. The zero-order chi connectivity index (χ0) is 13.1. The van der Waals surface area contributed by atoms with E-state index in [9.17, 15) is 5.11 Å². The number of aliphatic hydroxyl groups excluding tert-OH is 1. The summed E-state index contributed by atoms with van der Waals surface area (Å²) in [5.41, 5.74) is 0. The van der Waals surface area contributed by atoms with Crippen molar-refractivity contribution in [1.29, 1.82) is 0 Å². The van der Waals surface area contributed by atoms with Gasteiger partial charge in [0.1, 0.15) is 0 Å². The molecule has 1 aromatic rings. The Morgan fingerprint density at radius 1 is 1.16 bits per heavy atom. The van der Waals surface area contributed by atoms with E-state index in [-0.39, 0.29) is 6.10 Å². The summed E-state index contributed by atoms with van der Waals surface area (Å²) < 4.78 is 0. The number of hydrogen-bond acceptors (Lipinski definition) is 4. The second kappa shape index (κ2) is 6.35. The maximum Gasteiger partial charge on any atom is 0.0695 e. The smallest absolute Gasteiger partial charge is 0.0695 e. The number of nitrogens with zero attached hydrogens (tertiary/aromatic N) is 2. The fraction of sp³-hybridized carbons (Fsp3) is 0.733. The lowest BCUT2D eigenvalue weighted by Gasteiger charge is -2.42. The molecule has 1 aliphatic heterocycles. The van der Waals surface area contributed by atoms with Gasteiger partial charge < -0.3 is 5.11 Å². The van der Waals surface area contributed by atoms with Crippen LogP contribution in [0.2, 0.25) is 0 Å². The molecule has 2 aliphatic rings. The molecule has 2 atom stereocenters. The molecule has 2 heterocycles. The molecule has 0 aromatic carbocycles. The van der Waals surface area contributed by atoms with E-state index in [0.29, 0.717) is 6.04 Å². The Balaban J connectivity index is 1.49. The fourth-order valence-corrected chi connectivity index (χ4v) is 4.14. The Labute approximate surface area is 119 Å². The van der Waals surface area contributed by atoms with E-state index in [0.717, 1.165) is 39.1 Å². The van der Waals surface area contributed by atoms with Gasteiger partial charge in [0.25, 0.3) is 0 Å². The zero-order valence-electron chi connectivity index (χ0n) is 11.5. The van der Waals surface area contributed by atoms with Crippen LogP contribution in [-0.4, -0.2) is 53.2 Å². The average molecular weight is 280 g/mol. The predicted molar refractivity (Wildman–Crippen MR) is 79.4 cm³/mol. The van der Waals surface area contributed by atoms with Gasteiger partial charge in [-0.1, -0.05) is 18.9 Å². The van der Waals surface area contributed by atoms with E-state index in [1.165, 1.54) is 24.1 Å². The van der Waals surface area contributed by atoms with Gasteiger partial charge in [0.2, 0.25) is 0 Å². The Bertz CT molecular complexity index is 374. The largest absolute Gasteiger partial charge is 0.391 e. The van der Waals surface area contributed by atoms with Crippen LogP contribution in [0, 0.1) is 0 Å². The van der Waals surface area contributed by atoms with Gasteiger partial charge in [0.05, 0.1) is 6.10 Å². The van der Waals surface area contributed by atoms with Crippen molar-refractivity contribution in [2.45, 2.75) is 44.4 Å². The predicted octanol–water partition coefficient (Wildman–Crippen LogP) is 2.17. The van der Waals surface area contributed by atoms with Crippen LogP contribution in [0.25, 0.3) is 0 Å². The Kier molecular flexibility index (Phi) is 4.53. The Morgan fingerprint density at radius 2 is 1.95 bits per heavy atom. The SMILES string of the molecule is OC1CCCCC1N1CCN(Cc2cccs2)CC1. The Morgan fingerprint density at radius 3 is 2.63 bits per heavy atom. The van der Waals surface area contributed by atoms with Crippen molar-refractivity contribution in [2.75, 3.05) is 26.2 Å². The van der Waals surface area contributed by atoms with Crippen LogP contribution >= 0.6 is 11.3 Å². The molecule has 3 rings (SSSR count). The maximum absolute atomic E-state index is 10.1. The van der Waals surface area contributed by atoms with Crippen molar-refractivity contribution in [2.24, 2.45) is 0 Å². The summed E-state index contributed by atoms with van der Waals surface area (Å²) in [6.07, 6.45) is 4.59. The summed E-state index contributed by atoms with van der Waals surface area (Å²) in [6, 6.07) is 4.79. The topological polar surface area (TPSA) is 26.7 Å². The third-order valence-electron chi connectivity index (χ3n) is 4.53. The van der Waals surface area contributed by atoms with Crippen molar-refractivity contribution < 1.29 is 5.11 Å². The van der Waals surface area contributed by atoms with Crippen LogP contribution in [0.5, 0.6) is 0 Å². The first-order chi connectivity index (χ1) is 9.33. The molecule has 19 heavy (non-hydrogen) atoms. The normalized spacial score (nSPS) is 30.6. The van der Waals surface area contributed by atoms with Crippen molar-refractivity contribution in [3.63, 3.8) is 0 Å². The van der Waals surface area contributed by atoms with Crippen molar-refractivity contribution >= 4 is 11.3 Å². The molecule has 0 amide bonds. The van der Waals surface area contributed by atoms with Gasteiger partial charge in [0, 0.05) is 43.6 Å². The van der Waals surface area contributed by atoms with Gasteiger partial charge in [-0.15, -0.1) is 11.3 Å². The molecule has 1 aromatic heterocycles. The summed E-state index contributed by atoms with van der Waals surface area (Å²) in [5.74, 6) is 0. The van der Waals surface area contributed by atoms with Gasteiger partial charge in [-0.2, -0.15) is 0 Å². The zero-order valence-corrected chi connectivity index (χ0v) is 12.3. The highest BCUT2D eigenvalue weighted by Crippen LogP contribution is 2.24. The number of thiophene rings is 1. The van der Waals surface area contributed by atoms with Gasteiger partial charge in [0.15, 0.2) is 0 Å². The number of piperazine rings is 1. The van der Waals surface area contributed by atoms with Gasteiger partial charge >= 0.3 is 0 Å². The number of hydrogen-bond donors (Lipinski definition) is 1. The quantitative estimate of drug-likeness (QED) is 0.919. The van der Waals surface area contributed by atoms with E-state index in [2.05, 4.69) is 27.3 Å². The molecule has 2 fully saturated rings. The third-order valence-corrected chi connectivity index (χ3v) is 5.39. The molecule has 0 spiro atoms. The highest BCUT2D eigenvalue weighted by molar-refractivity contribution is 7.09. The minimum atomic E-state index is -0.0856. The van der Waals surface area contributed by atoms with Crippen LogP contribution in [0.15, 0.2) is 17.5 Å². The van der Waals surface area contributed by atoms with Crippen LogP contribution in [0.3, 0.4) is 0 Å². The summed E-state index contributed by atoms with van der Waals surface area (Å²) in [5, 5.41) is 12.3. The van der Waals surface area contributed by atoms with Gasteiger partial charge in [-0.3, -0.25) is 9.80 Å². The van der Waals surface area contributed by atoms with Crippen molar-refractivity contribution in [1.82, 2.24) is 9.80 Å². The lowest BCUT2D eigenvalue weighted by Crippen LogP contribution is -2.54. The molecule has 3 nitrogen and oxygen atoms in total. The Hall–Kier alpha value is -0.420. The molecule has 1 saturated heterocycles. The van der Waals surface area contributed by atoms with Crippen LogP contribution in [0.1, 0.15) is 30.6 Å². The van der Waals surface area contributed by atoms with E-state index in [1.807, 2.05) is 11.3 Å². The lowest BCUT2D eigenvalue weighted by molar-refractivity contribution is -0.00458. The first-order valence-corrected chi connectivity index (χ1v) is 8.38. The minimum Gasteiger partial charge on any atom is -0.391 e. The highest BCUT2D eigenvalue weighted by Gasteiger charge is 2.30. The molecule has 0 bridgehead atoms. The van der Waals surface area contributed by atoms with E-state index in [4.69, 9.17) is 0 Å². The minimum absolute atomic E-state index is 0.0856. The van der Waals surface area contributed by atoms with Crippen molar-refractivity contribution in [3.8, 4) is 0 Å². The lowest BCUT2D eigenvalue weighted by atomic mass is 9.91. The monoisotopic (exact) mass is 280 g/mol. The van der Waals surface area contributed by atoms with Gasteiger partial charge in [-0.25, -0.2) is 0 Å². The molecule has 2 unspecified atom stereocenters. The van der Waals surface area contributed by atoms with Crippen molar-refractivity contribution in [3.05, 3.63) is 22.4 Å². The van der Waals surface area contributed by atoms with Crippen LogP contribution in [0.4, 0.5) is 0 Å². The second-order valence-electron chi connectivity index (χ2n) is 5.81. The van der Waals surface area contributed by atoms with E-state index < -0.39 is 0 Å². The molecular formula is C15H24N2OS. The first kappa shape index (κ1) is 13.6. The second-order valence-corrected chi connectivity index (χ2v) is 6.84. The standard InChI is InChI=1S/C15H24N2OS/c18-15-6-2-1-5-14(15)17-9-7-16(8-10-17)12-13-4-3-11-19-13/h3-4,11,14-15,18H,1-2,5-10,12H2. The molecule has 4 heteroatoms. The number of aliphatic hydroxyl groups is 1. The molecule has 106 valence electrons. The van der Waals surface area contributed by atoms with E-state index >= 15 is 0 Å². The van der Waals surface area contributed by atoms with Crippen LogP contribution in [-0.2, 0) is 6.54 Å². The molecule has 1 saturated carbocycles. The van der Waals surface area contributed by atoms with E-state index in [1.54, 1.807) is 0 Å².